The first kappa shape index (κ1) is 19.4. The van der Waals surface area contributed by atoms with E-state index in [-0.39, 0.29) is 12.0 Å². The molecule has 28 heavy (non-hydrogen) atoms. The van der Waals surface area contributed by atoms with Gasteiger partial charge in [0.2, 0.25) is 5.88 Å². The highest BCUT2D eigenvalue weighted by Crippen LogP contribution is 2.27. The zero-order chi connectivity index (χ0) is 20.1. The highest BCUT2D eigenvalue weighted by Gasteiger charge is 2.15. The minimum Gasteiger partial charge on any atom is -0.489 e. The first-order chi connectivity index (χ1) is 13.5. The normalized spacial score (nSPS) is 10.6. The third-order valence-corrected chi connectivity index (χ3v) is 4.16. The summed E-state index contributed by atoms with van der Waals surface area (Å²) in [6.45, 7) is 5.76. The number of aryl methyl sites for hydroxylation is 1. The van der Waals surface area contributed by atoms with E-state index in [0.717, 1.165) is 22.4 Å². The summed E-state index contributed by atoms with van der Waals surface area (Å²) in [6.07, 6.45) is 4.82. The highest BCUT2D eigenvalue weighted by molar-refractivity contribution is 6.06. The van der Waals surface area contributed by atoms with E-state index < -0.39 is 0 Å². The maximum Gasteiger partial charge on any atom is 0.259 e. The Morgan fingerprint density at radius 3 is 2.54 bits per heavy atom. The van der Waals surface area contributed by atoms with Crippen molar-refractivity contribution in [3.8, 4) is 22.8 Å². The van der Waals surface area contributed by atoms with Crippen molar-refractivity contribution in [2.45, 2.75) is 26.9 Å². The van der Waals surface area contributed by atoms with Crippen molar-refractivity contribution in [1.29, 1.82) is 0 Å². The van der Waals surface area contributed by atoms with Crippen LogP contribution in [0.3, 0.4) is 0 Å². The van der Waals surface area contributed by atoms with E-state index in [9.17, 15) is 4.79 Å². The average Bonchev–Trinajstić information content (AvgIpc) is 2.69. The molecule has 6 heteroatoms. The number of aromatic nitrogens is 2. The van der Waals surface area contributed by atoms with Crippen molar-refractivity contribution in [1.82, 2.24) is 9.97 Å². The number of benzene rings is 1. The zero-order valence-corrected chi connectivity index (χ0v) is 16.4. The summed E-state index contributed by atoms with van der Waals surface area (Å²) in [5.41, 5.74) is 4.01. The minimum atomic E-state index is -0.244. The van der Waals surface area contributed by atoms with Crippen LogP contribution in [0.1, 0.15) is 29.8 Å². The van der Waals surface area contributed by atoms with Crippen LogP contribution in [0.15, 0.2) is 55.0 Å². The molecule has 0 saturated carbocycles. The number of hydrogen-bond donors (Lipinski definition) is 1. The van der Waals surface area contributed by atoms with Crippen LogP contribution in [0.5, 0.6) is 11.6 Å². The van der Waals surface area contributed by atoms with Gasteiger partial charge in [0.25, 0.3) is 5.91 Å². The minimum absolute atomic E-state index is 0.0524. The molecule has 0 aliphatic heterocycles. The number of methoxy groups -OCH3 is 1. The summed E-state index contributed by atoms with van der Waals surface area (Å²) in [5, 5.41) is 2.98. The largest absolute Gasteiger partial charge is 0.489 e. The average molecular weight is 377 g/mol. The van der Waals surface area contributed by atoms with Crippen LogP contribution in [0, 0.1) is 6.92 Å². The van der Waals surface area contributed by atoms with E-state index in [0.29, 0.717) is 17.2 Å². The van der Waals surface area contributed by atoms with Gasteiger partial charge in [-0.2, -0.15) is 0 Å². The molecule has 0 spiro atoms. The van der Waals surface area contributed by atoms with Gasteiger partial charge in [-0.1, -0.05) is 12.1 Å². The van der Waals surface area contributed by atoms with E-state index >= 15 is 0 Å². The van der Waals surface area contributed by atoms with Crippen molar-refractivity contribution >= 4 is 11.6 Å². The third-order valence-electron chi connectivity index (χ3n) is 4.16. The lowest BCUT2D eigenvalue weighted by Crippen LogP contribution is -2.16. The maximum atomic E-state index is 12.9. The molecule has 0 atom stereocenters. The lowest BCUT2D eigenvalue weighted by Gasteiger charge is -2.15. The third kappa shape index (κ3) is 4.46. The maximum absolute atomic E-state index is 12.9. The summed E-state index contributed by atoms with van der Waals surface area (Å²) >= 11 is 0. The standard InChI is InChI=1S/C22H23N3O3/c1-14(2)28-20-13-23-10-9-18(20)22(26)25-19-11-16(6-5-15(19)3)17-7-8-21(27-4)24-12-17/h5-14H,1-4H3,(H,25,26). The second-order valence-corrected chi connectivity index (χ2v) is 6.61. The Balaban J connectivity index is 1.87. The monoisotopic (exact) mass is 377 g/mol. The Morgan fingerprint density at radius 1 is 1.07 bits per heavy atom. The van der Waals surface area contributed by atoms with Crippen LogP contribution in [0.2, 0.25) is 0 Å². The van der Waals surface area contributed by atoms with E-state index in [2.05, 4.69) is 15.3 Å². The number of carbonyl (C=O) groups excluding carboxylic acids is 1. The van der Waals surface area contributed by atoms with E-state index in [4.69, 9.17) is 9.47 Å². The van der Waals surface area contributed by atoms with Gasteiger partial charge in [-0.05, 0) is 50.1 Å². The molecule has 0 unspecified atom stereocenters. The number of pyridine rings is 2. The molecule has 6 nitrogen and oxygen atoms in total. The van der Waals surface area contributed by atoms with Crippen molar-refractivity contribution < 1.29 is 14.3 Å². The summed E-state index contributed by atoms with van der Waals surface area (Å²) in [7, 11) is 1.58. The topological polar surface area (TPSA) is 73.3 Å². The molecule has 2 aromatic heterocycles. The molecule has 144 valence electrons. The number of anilines is 1. The van der Waals surface area contributed by atoms with Crippen molar-refractivity contribution in [2.24, 2.45) is 0 Å². The van der Waals surface area contributed by atoms with E-state index in [1.54, 1.807) is 37.8 Å². The van der Waals surface area contributed by atoms with Crippen LogP contribution < -0.4 is 14.8 Å². The highest BCUT2D eigenvalue weighted by atomic mass is 16.5. The Kier molecular flexibility index (Phi) is 5.89. The first-order valence-corrected chi connectivity index (χ1v) is 9.01. The second-order valence-electron chi connectivity index (χ2n) is 6.61. The Hall–Kier alpha value is -3.41. The van der Waals surface area contributed by atoms with Gasteiger partial charge in [0.05, 0.1) is 25.0 Å². The summed E-state index contributed by atoms with van der Waals surface area (Å²) in [6, 6.07) is 11.3. The molecular weight excluding hydrogens is 354 g/mol. The smallest absolute Gasteiger partial charge is 0.259 e. The summed E-state index contributed by atoms with van der Waals surface area (Å²) in [5.74, 6) is 0.772. The molecule has 2 heterocycles. The molecule has 0 aliphatic rings. The molecule has 3 aromatic rings. The fourth-order valence-corrected chi connectivity index (χ4v) is 2.71. The van der Waals surface area contributed by atoms with Gasteiger partial charge in [0, 0.05) is 29.7 Å². The number of amides is 1. The fraction of sp³-hybridized carbons (Fsp3) is 0.227. The molecular formula is C22H23N3O3. The van der Waals surface area contributed by atoms with Crippen molar-refractivity contribution in [3.05, 3.63) is 66.1 Å². The van der Waals surface area contributed by atoms with Crippen LogP contribution >= 0.6 is 0 Å². The van der Waals surface area contributed by atoms with Gasteiger partial charge in [-0.25, -0.2) is 4.98 Å². The molecule has 0 fully saturated rings. The lowest BCUT2D eigenvalue weighted by atomic mass is 10.0. The number of ether oxygens (including phenoxy) is 2. The molecule has 3 rings (SSSR count). The number of nitrogens with zero attached hydrogens (tertiary/aromatic N) is 2. The van der Waals surface area contributed by atoms with Crippen LogP contribution in [0.4, 0.5) is 5.69 Å². The second kappa shape index (κ2) is 8.52. The predicted molar refractivity (Wildman–Crippen MR) is 109 cm³/mol. The van der Waals surface area contributed by atoms with Crippen LogP contribution in [-0.2, 0) is 0 Å². The number of hydrogen-bond acceptors (Lipinski definition) is 5. The van der Waals surface area contributed by atoms with Gasteiger partial charge in [-0.15, -0.1) is 0 Å². The number of nitrogens with one attached hydrogen (secondary N) is 1. The number of carbonyl (C=O) groups is 1. The lowest BCUT2D eigenvalue weighted by molar-refractivity contribution is 0.102. The van der Waals surface area contributed by atoms with Gasteiger partial charge in [0.15, 0.2) is 5.75 Å². The molecule has 0 saturated heterocycles. The van der Waals surface area contributed by atoms with E-state index in [1.807, 2.05) is 45.0 Å². The molecule has 1 amide bonds. The van der Waals surface area contributed by atoms with Gasteiger partial charge in [-0.3, -0.25) is 9.78 Å². The first-order valence-electron chi connectivity index (χ1n) is 9.01. The fourth-order valence-electron chi connectivity index (χ4n) is 2.71. The Labute approximate surface area is 164 Å². The zero-order valence-electron chi connectivity index (χ0n) is 16.4. The predicted octanol–water partition coefficient (Wildman–Crippen LogP) is 4.50. The van der Waals surface area contributed by atoms with Crippen molar-refractivity contribution in [3.63, 3.8) is 0 Å². The Bertz CT molecular complexity index is 969. The van der Waals surface area contributed by atoms with Crippen LogP contribution in [0.25, 0.3) is 11.1 Å². The van der Waals surface area contributed by atoms with Gasteiger partial charge < -0.3 is 14.8 Å². The SMILES string of the molecule is COc1ccc(-c2ccc(C)c(NC(=O)c3ccncc3OC(C)C)c2)cn1. The van der Waals surface area contributed by atoms with Crippen molar-refractivity contribution in [2.75, 3.05) is 12.4 Å². The molecule has 1 N–H and O–H groups in total. The van der Waals surface area contributed by atoms with Gasteiger partial charge in [0.1, 0.15) is 0 Å². The molecule has 0 bridgehead atoms. The quantitative estimate of drug-likeness (QED) is 0.685. The van der Waals surface area contributed by atoms with Crippen LogP contribution in [-0.4, -0.2) is 29.1 Å². The molecule has 1 aromatic carbocycles. The van der Waals surface area contributed by atoms with Gasteiger partial charge >= 0.3 is 0 Å². The summed E-state index contributed by atoms with van der Waals surface area (Å²) in [4.78, 5) is 21.1. The Morgan fingerprint density at radius 2 is 1.86 bits per heavy atom. The molecule has 0 radical (unpaired) electrons. The number of rotatable bonds is 6. The van der Waals surface area contributed by atoms with E-state index in [1.165, 1.54) is 0 Å². The molecule has 0 aliphatic carbocycles. The summed E-state index contributed by atoms with van der Waals surface area (Å²) < 4.78 is 10.8.